The SMILES string of the molecule is C[C@H](N(Cc1ccc(F)cc1)C(=O)CN1C(=O)OC2(CCc3cc(NC(=O)CCCNC(=O)CCCCCC4CCCC4)ccc32)C1=O)C(F)(F)F. The molecule has 10 nitrogen and oxygen atoms in total. The first kappa shape index (κ1) is 38.7. The van der Waals surface area contributed by atoms with Crippen molar-refractivity contribution in [2.45, 2.75) is 115 Å². The van der Waals surface area contributed by atoms with Crippen molar-refractivity contribution >= 4 is 35.4 Å². The van der Waals surface area contributed by atoms with Gasteiger partial charge in [0.15, 0.2) is 0 Å². The van der Waals surface area contributed by atoms with Crippen LogP contribution in [0.2, 0.25) is 0 Å². The molecule has 0 bridgehead atoms. The predicted molar refractivity (Wildman–Crippen MR) is 183 cm³/mol. The van der Waals surface area contributed by atoms with Gasteiger partial charge in [0, 0.05) is 43.6 Å². The summed E-state index contributed by atoms with van der Waals surface area (Å²) in [5.41, 5.74) is -0.0646. The Balaban J connectivity index is 1.10. The number of anilines is 1. The molecule has 1 aliphatic heterocycles. The van der Waals surface area contributed by atoms with Gasteiger partial charge in [-0.25, -0.2) is 14.1 Å². The summed E-state index contributed by atoms with van der Waals surface area (Å²) in [6.07, 6.45) is 5.18. The highest BCUT2D eigenvalue weighted by molar-refractivity contribution is 6.06. The van der Waals surface area contributed by atoms with E-state index < -0.39 is 54.6 Å². The van der Waals surface area contributed by atoms with Crippen molar-refractivity contribution in [1.29, 1.82) is 0 Å². The lowest BCUT2D eigenvalue weighted by molar-refractivity contribution is -0.187. The molecule has 1 saturated carbocycles. The highest BCUT2D eigenvalue weighted by atomic mass is 19.4. The van der Waals surface area contributed by atoms with E-state index in [0.717, 1.165) is 44.2 Å². The molecule has 2 fully saturated rings. The van der Waals surface area contributed by atoms with E-state index in [0.29, 0.717) is 52.4 Å². The molecule has 5 rings (SSSR count). The molecule has 5 amide bonds. The van der Waals surface area contributed by atoms with E-state index >= 15 is 0 Å². The molecule has 0 radical (unpaired) electrons. The van der Waals surface area contributed by atoms with E-state index in [4.69, 9.17) is 4.74 Å². The van der Waals surface area contributed by atoms with E-state index in [-0.39, 0.29) is 30.2 Å². The minimum atomic E-state index is -4.81. The summed E-state index contributed by atoms with van der Waals surface area (Å²) < 4.78 is 60.2. The normalized spacial score (nSPS) is 19.1. The third-order valence-electron chi connectivity index (χ3n) is 10.4. The van der Waals surface area contributed by atoms with E-state index in [2.05, 4.69) is 10.6 Å². The van der Waals surface area contributed by atoms with Gasteiger partial charge < -0.3 is 20.3 Å². The van der Waals surface area contributed by atoms with E-state index in [9.17, 15) is 41.5 Å². The average molecular weight is 731 g/mol. The quantitative estimate of drug-likeness (QED) is 0.143. The van der Waals surface area contributed by atoms with Gasteiger partial charge in [-0.1, -0.05) is 63.1 Å². The van der Waals surface area contributed by atoms with E-state index in [1.165, 1.54) is 44.2 Å². The molecule has 1 spiro atoms. The fourth-order valence-electron chi connectivity index (χ4n) is 7.34. The van der Waals surface area contributed by atoms with Gasteiger partial charge in [0.05, 0.1) is 0 Å². The molecule has 2 aromatic rings. The predicted octanol–water partition coefficient (Wildman–Crippen LogP) is 6.90. The lowest BCUT2D eigenvalue weighted by atomic mass is 9.94. The average Bonchev–Trinajstić information content (AvgIpc) is 3.81. The monoisotopic (exact) mass is 730 g/mol. The number of hydrogen-bond donors (Lipinski definition) is 2. The summed E-state index contributed by atoms with van der Waals surface area (Å²) in [4.78, 5) is 65.7. The van der Waals surface area contributed by atoms with Gasteiger partial charge in [-0.3, -0.25) is 19.2 Å². The summed E-state index contributed by atoms with van der Waals surface area (Å²) in [5.74, 6) is -2.03. The number of rotatable bonds is 16. The number of imide groups is 1. The second-order valence-electron chi connectivity index (χ2n) is 14.1. The first-order valence-corrected chi connectivity index (χ1v) is 18.1. The molecule has 1 unspecified atom stereocenters. The number of ether oxygens (including phenoxy) is 1. The number of halogens is 4. The van der Waals surface area contributed by atoms with Crippen LogP contribution in [0.3, 0.4) is 0 Å². The first-order valence-electron chi connectivity index (χ1n) is 18.1. The van der Waals surface area contributed by atoms with Crippen molar-refractivity contribution in [3.8, 4) is 0 Å². The first-order chi connectivity index (χ1) is 24.8. The molecule has 1 heterocycles. The lowest BCUT2D eigenvalue weighted by Gasteiger charge is -2.31. The third-order valence-corrected chi connectivity index (χ3v) is 10.4. The van der Waals surface area contributed by atoms with Crippen LogP contribution in [0.1, 0.15) is 101 Å². The summed E-state index contributed by atoms with van der Waals surface area (Å²) in [6.45, 7) is -0.346. The zero-order valence-electron chi connectivity index (χ0n) is 29.4. The standard InChI is InChI=1S/C38H46F4N4O6/c1-25(38(40,41)42)45(23-27-13-15-29(39)16-14-27)34(49)24-46-35(50)37(52-36(46)51)20-19-28-22-30(17-18-31(28)37)44-33(48)12-7-21-43-32(47)11-4-2-3-8-26-9-5-6-10-26/h13-18,22,25-26H,2-12,19-21,23-24H2,1H3,(H,43,47)(H,44,48)/t25-,37?/m0/s1. The van der Waals surface area contributed by atoms with Crippen LogP contribution in [-0.2, 0) is 42.5 Å². The summed E-state index contributed by atoms with van der Waals surface area (Å²) >= 11 is 0. The van der Waals surface area contributed by atoms with Gasteiger partial charge in [-0.15, -0.1) is 0 Å². The maximum atomic E-state index is 13.7. The van der Waals surface area contributed by atoms with E-state index in [1.807, 2.05) is 0 Å². The second kappa shape index (κ2) is 16.9. The number of alkyl halides is 3. The molecule has 14 heteroatoms. The summed E-state index contributed by atoms with van der Waals surface area (Å²) in [5, 5.41) is 5.67. The molecule has 2 aliphatic carbocycles. The van der Waals surface area contributed by atoms with E-state index in [1.54, 1.807) is 18.2 Å². The van der Waals surface area contributed by atoms with Crippen molar-refractivity contribution in [2.24, 2.45) is 5.92 Å². The van der Waals surface area contributed by atoms with Crippen LogP contribution in [0.15, 0.2) is 42.5 Å². The van der Waals surface area contributed by atoms with Gasteiger partial charge in [0.25, 0.3) is 5.91 Å². The number of benzene rings is 2. The molecule has 2 aromatic carbocycles. The Morgan fingerprint density at radius 3 is 2.40 bits per heavy atom. The minimum absolute atomic E-state index is 0.0166. The Morgan fingerprint density at radius 2 is 1.69 bits per heavy atom. The van der Waals surface area contributed by atoms with Crippen LogP contribution in [-0.4, -0.2) is 64.8 Å². The van der Waals surface area contributed by atoms with Crippen molar-refractivity contribution in [2.75, 3.05) is 18.4 Å². The Morgan fingerprint density at radius 1 is 0.981 bits per heavy atom. The Hall–Kier alpha value is -4.49. The van der Waals surface area contributed by atoms with Crippen LogP contribution in [0.4, 0.5) is 28.0 Å². The van der Waals surface area contributed by atoms with Crippen molar-refractivity contribution in [3.63, 3.8) is 0 Å². The van der Waals surface area contributed by atoms with Crippen LogP contribution < -0.4 is 10.6 Å². The van der Waals surface area contributed by atoms with Gasteiger partial charge in [-0.2, -0.15) is 13.2 Å². The maximum absolute atomic E-state index is 13.7. The Labute approximate surface area is 300 Å². The molecule has 2 atom stereocenters. The van der Waals surface area contributed by atoms with Gasteiger partial charge in [0.2, 0.25) is 23.3 Å². The molecular weight excluding hydrogens is 684 g/mol. The van der Waals surface area contributed by atoms with Crippen molar-refractivity contribution in [1.82, 2.24) is 15.1 Å². The third kappa shape index (κ3) is 9.48. The number of fused-ring (bicyclic) bond motifs is 2. The number of aryl methyl sites for hydroxylation is 1. The van der Waals surface area contributed by atoms with Crippen LogP contribution in [0.25, 0.3) is 0 Å². The molecule has 2 N–H and O–H groups in total. The summed E-state index contributed by atoms with van der Waals surface area (Å²) in [6, 6.07) is 7.11. The number of nitrogens with one attached hydrogen (secondary N) is 2. The largest absolute Gasteiger partial charge is 0.427 e. The summed E-state index contributed by atoms with van der Waals surface area (Å²) in [7, 11) is 0. The van der Waals surface area contributed by atoms with Crippen LogP contribution >= 0.6 is 0 Å². The zero-order valence-corrected chi connectivity index (χ0v) is 29.4. The van der Waals surface area contributed by atoms with Gasteiger partial charge >= 0.3 is 12.3 Å². The second-order valence-corrected chi connectivity index (χ2v) is 14.1. The molecule has 52 heavy (non-hydrogen) atoms. The number of amides is 5. The Kier molecular flexibility index (Phi) is 12.6. The zero-order chi connectivity index (χ0) is 37.5. The molecule has 1 saturated heterocycles. The van der Waals surface area contributed by atoms with Gasteiger partial charge in [-0.05, 0) is 67.5 Å². The fourth-order valence-corrected chi connectivity index (χ4v) is 7.34. The highest BCUT2D eigenvalue weighted by Crippen LogP contribution is 2.46. The minimum Gasteiger partial charge on any atom is -0.427 e. The topological polar surface area (TPSA) is 125 Å². The van der Waals surface area contributed by atoms with Crippen molar-refractivity contribution < 1.29 is 46.3 Å². The van der Waals surface area contributed by atoms with Crippen LogP contribution in [0.5, 0.6) is 0 Å². The molecule has 3 aliphatic rings. The number of nitrogens with zero attached hydrogens (tertiary/aromatic N) is 2. The maximum Gasteiger partial charge on any atom is 0.418 e. The van der Waals surface area contributed by atoms with Crippen LogP contribution in [0, 0.1) is 11.7 Å². The Bertz CT molecular complexity index is 1630. The highest BCUT2D eigenvalue weighted by Gasteiger charge is 2.58. The van der Waals surface area contributed by atoms with Gasteiger partial charge in [0.1, 0.15) is 18.4 Å². The number of hydrogen-bond acceptors (Lipinski definition) is 6. The fraction of sp³-hybridized carbons (Fsp3) is 0.553. The number of carbonyl (C=O) groups excluding carboxylic acids is 5. The lowest BCUT2D eigenvalue weighted by Crippen LogP contribution is -2.51. The molecule has 0 aromatic heterocycles. The smallest absolute Gasteiger partial charge is 0.418 e. The number of carbonyl (C=O) groups is 5. The molecular formula is C38H46F4N4O6. The molecule has 282 valence electrons. The van der Waals surface area contributed by atoms with Crippen molar-refractivity contribution in [3.05, 3.63) is 65.0 Å². The number of unbranched alkanes of at least 4 members (excludes halogenated alkanes) is 2.